The fourth-order valence-corrected chi connectivity index (χ4v) is 4.50. The van der Waals surface area contributed by atoms with Crippen LogP contribution in [-0.2, 0) is 10.0 Å². The number of benzene rings is 3. The van der Waals surface area contributed by atoms with Crippen molar-refractivity contribution in [1.29, 1.82) is 0 Å². The first kappa shape index (κ1) is 20.2. The van der Waals surface area contributed by atoms with Gasteiger partial charge in [0.15, 0.2) is 11.5 Å². The smallest absolute Gasteiger partial charge is 0.262 e. The molecule has 3 aromatic rings. The Morgan fingerprint density at radius 2 is 1.80 bits per heavy atom. The van der Waals surface area contributed by atoms with E-state index in [4.69, 9.17) is 9.47 Å². The first-order valence-corrected chi connectivity index (χ1v) is 11.2. The predicted molar refractivity (Wildman–Crippen MR) is 117 cm³/mol. The molecule has 7 nitrogen and oxygen atoms in total. The molecule has 0 bridgehead atoms. The van der Waals surface area contributed by atoms with Crippen LogP contribution in [0.25, 0.3) is 0 Å². The number of nitrogens with one attached hydrogen (secondary N) is 2. The van der Waals surface area contributed by atoms with Gasteiger partial charge in [-0.05, 0) is 76.9 Å². The number of carbonyl (C=O) groups excluding carboxylic acids is 1. The van der Waals surface area contributed by atoms with Crippen LogP contribution in [-0.4, -0.2) is 21.1 Å². The van der Waals surface area contributed by atoms with E-state index in [1.54, 1.807) is 42.5 Å². The third-order valence-corrected chi connectivity index (χ3v) is 6.46. The Balaban J connectivity index is 1.54. The van der Waals surface area contributed by atoms with Gasteiger partial charge in [-0.1, -0.05) is 12.1 Å². The number of fused-ring (bicyclic) bond motifs is 1. The summed E-state index contributed by atoms with van der Waals surface area (Å²) in [6, 6.07) is 16.3. The van der Waals surface area contributed by atoms with E-state index in [2.05, 4.69) is 26.0 Å². The van der Waals surface area contributed by atoms with Crippen LogP contribution in [0.5, 0.6) is 11.5 Å². The molecule has 0 unspecified atom stereocenters. The minimum atomic E-state index is -3.85. The summed E-state index contributed by atoms with van der Waals surface area (Å²) < 4.78 is 39.4. The number of amides is 1. The van der Waals surface area contributed by atoms with Gasteiger partial charge in [0.1, 0.15) is 0 Å². The quantitative estimate of drug-likeness (QED) is 0.549. The maximum absolute atomic E-state index is 12.8. The molecule has 0 fully saturated rings. The summed E-state index contributed by atoms with van der Waals surface area (Å²) in [7, 11) is -3.85. The van der Waals surface area contributed by atoms with Gasteiger partial charge < -0.3 is 14.8 Å². The first-order chi connectivity index (χ1) is 14.3. The maximum Gasteiger partial charge on any atom is 0.262 e. The zero-order valence-electron chi connectivity index (χ0n) is 15.8. The predicted octanol–water partition coefficient (Wildman–Crippen LogP) is 4.54. The highest BCUT2D eigenvalue weighted by Gasteiger charge is 2.19. The highest BCUT2D eigenvalue weighted by Crippen LogP contribution is 2.33. The largest absolute Gasteiger partial charge is 0.454 e. The number of hydrogen-bond acceptors (Lipinski definition) is 5. The van der Waals surface area contributed by atoms with Gasteiger partial charge >= 0.3 is 0 Å². The summed E-state index contributed by atoms with van der Waals surface area (Å²) in [5.41, 5.74) is 2.07. The summed E-state index contributed by atoms with van der Waals surface area (Å²) >= 11 is 3.35. The van der Waals surface area contributed by atoms with E-state index in [1.165, 1.54) is 12.1 Å². The van der Waals surface area contributed by atoms with Crippen LogP contribution >= 0.6 is 15.9 Å². The molecule has 4 rings (SSSR count). The monoisotopic (exact) mass is 488 g/mol. The standard InChI is InChI=1S/C21H17BrN2O5S/c1-13-5-7-17(22)18(9-13)24-30(26,27)16-4-2-3-15(11-16)23-21(25)14-6-8-19-20(10-14)29-12-28-19/h2-11,24H,12H2,1H3,(H,23,25). The van der Waals surface area contributed by atoms with Crippen molar-refractivity contribution in [1.82, 2.24) is 0 Å². The zero-order chi connectivity index (χ0) is 21.3. The Morgan fingerprint density at radius 1 is 1.00 bits per heavy atom. The SMILES string of the molecule is Cc1ccc(Br)c(NS(=O)(=O)c2cccc(NC(=O)c3ccc4c(c3)OCO4)c2)c1. The maximum atomic E-state index is 12.8. The molecule has 0 aliphatic carbocycles. The van der Waals surface area contributed by atoms with Crippen LogP contribution in [0, 0.1) is 6.92 Å². The third-order valence-electron chi connectivity index (χ3n) is 4.40. The molecule has 0 atom stereocenters. The Labute approximate surface area is 182 Å². The van der Waals surface area contributed by atoms with Gasteiger partial charge in [0, 0.05) is 15.7 Å². The number of rotatable bonds is 5. The second kappa shape index (κ2) is 8.00. The fraction of sp³-hybridized carbons (Fsp3) is 0.0952. The normalized spacial score (nSPS) is 12.5. The molecule has 0 aromatic heterocycles. The highest BCUT2D eigenvalue weighted by atomic mass is 79.9. The number of aryl methyl sites for hydroxylation is 1. The van der Waals surface area contributed by atoms with Crippen molar-refractivity contribution in [2.75, 3.05) is 16.8 Å². The van der Waals surface area contributed by atoms with E-state index < -0.39 is 15.9 Å². The van der Waals surface area contributed by atoms with Gasteiger partial charge in [-0.15, -0.1) is 0 Å². The van der Waals surface area contributed by atoms with E-state index in [0.717, 1.165) is 5.56 Å². The van der Waals surface area contributed by atoms with Gasteiger partial charge in [0.25, 0.3) is 15.9 Å². The third kappa shape index (κ3) is 4.27. The van der Waals surface area contributed by atoms with Crippen LogP contribution in [0.15, 0.2) is 70.0 Å². The Kier molecular flexibility index (Phi) is 5.40. The van der Waals surface area contributed by atoms with E-state index in [9.17, 15) is 13.2 Å². The number of carbonyl (C=O) groups is 1. The van der Waals surface area contributed by atoms with Crippen LogP contribution in [0.3, 0.4) is 0 Å². The summed E-state index contributed by atoms with van der Waals surface area (Å²) in [5, 5.41) is 2.71. The van der Waals surface area contributed by atoms with Crippen molar-refractivity contribution in [2.24, 2.45) is 0 Å². The Bertz CT molecular complexity index is 1240. The second-order valence-corrected chi connectivity index (χ2v) is 9.18. The number of sulfonamides is 1. The molecular formula is C21H17BrN2O5S. The molecule has 0 spiro atoms. The number of anilines is 2. The van der Waals surface area contributed by atoms with Gasteiger partial charge in [0.05, 0.1) is 10.6 Å². The lowest BCUT2D eigenvalue weighted by Crippen LogP contribution is -2.15. The number of ether oxygens (including phenoxy) is 2. The van der Waals surface area contributed by atoms with Crippen LogP contribution < -0.4 is 19.5 Å². The molecule has 1 aliphatic heterocycles. The molecule has 3 aromatic carbocycles. The molecule has 1 aliphatic rings. The van der Waals surface area contributed by atoms with Crippen LogP contribution in [0.4, 0.5) is 11.4 Å². The van der Waals surface area contributed by atoms with E-state index in [1.807, 2.05) is 13.0 Å². The molecular weight excluding hydrogens is 472 g/mol. The van der Waals surface area contributed by atoms with Crippen molar-refractivity contribution in [3.05, 3.63) is 76.3 Å². The lowest BCUT2D eigenvalue weighted by molar-refractivity contribution is 0.102. The summed E-state index contributed by atoms with van der Waals surface area (Å²) in [6.45, 7) is 1.99. The molecule has 154 valence electrons. The van der Waals surface area contributed by atoms with E-state index in [-0.39, 0.29) is 11.7 Å². The number of hydrogen-bond donors (Lipinski definition) is 2. The van der Waals surface area contributed by atoms with Gasteiger partial charge in [-0.25, -0.2) is 8.42 Å². The molecule has 1 amide bonds. The van der Waals surface area contributed by atoms with Crippen molar-refractivity contribution in [3.63, 3.8) is 0 Å². The van der Waals surface area contributed by atoms with Crippen molar-refractivity contribution in [3.8, 4) is 11.5 Å². The first-order valence-electron chi connectivity index (χ1n) is 8.92. The molecule has 9 heteroatoms. The zero-order valence-corrected chi connectivity index (χ0v) is 18.2. The summed E-state index contributed by atoms with van der Waals surface area (Å²) in [4.78, 5) is 12.6. The van der Waals surface area contributed by atoms with Crippen LogP contribution in [0.1, 0.15) is 15.9 Å². The second-order valence-electron chi connectivity index (χ2n) is 6.64. The fourth-order valence-electron chi connectivity index (χ4n) is 2.90. The van der Waals surface area contributed by atoms with Gasteiger partial charge in [-0.2, -0.15) is 0 Å². The molecule has 0 saturated carbocycles. The highest BCUT2D eigenvalue weighted by molar-refractivity contribution is 9.10. The molecule has 1 heterocycles. The number of halogens is 1. The van der Waals surface area contributed by atoms with Crippen molar-refractivity contribution in [2.45, 2.75) is 11.8 Å². The average Bonchev–Trinajstić information content (AvgIpc) is 3.18. The van der Waals surface area contributed by atoms with Gasteiger partial charge in [-0.3, -0.25) is 9.52 Å². The molecule has 0 saturated heterocycles. The minimum absolute atomic E-state index is 0.0272. The average molecular weight is 489 g/mol. The minimum Gasteiger partial charge on any atom is -0.454 e. The molecule has 2 N–H and O–H groups in total. The van der Waals surface area contributed by atoms with Crippen molar-refractivity contribution >= 4 is 43.2 Å². The Hall–Kier alpha value is -3.04. The van der Waals surface area contributed by atoms with E-state index in [0.29, 0.717) is 32.9 Å². The van der Waals surface area contributed by atoms with E-state index >= 15 is 0 Å². The topological polar surface area (TPSA) is 93.7 Å². The lowest BCUT2D eigenvalue weighted by Gasteiger charge is -2.12. The molecule has 30 heavy (non-hydrogen) atoms. The molecule has 0 radical (unpaired) electrons. The lowest BCUT2D eigenvalue weighted by atomic mass is 10.2. The van der Waals surface area contributed by atoms with Crippen molar-refractivity contribution < 1.29 is 22.7 Å². The Morgan fingerprint density at radius 3 is 2.63 bits per heavy atom. The summed E-state index contributed by atoms with van der Waals surface area (Å²) in [5.74, 6) is 0.678. The summed E-state index contributed by atoms with van der Waals surface area (Å²) in [6.07, 6.45) is 0. The van der Waals surface area contributed by atoms with Crippen LogP contribution in [0.2, 0.25) is 0 Å². The van der Waals surface area contributed by atoms with Gasteiger partial charge in [0.2, 0.25) is 6.79 Å².